The molecule has 0 bridgehead atoms. The highest BCUT2D eigenvalue weighted by Crippen LogP contribution is 2.38. The quantitative estimate of drug-likeness (QED) is 0.914. The zero-order chi connectivity index (χ0) is 17.2. The Morgan fingerprint density at radius 2 is 1.68 bits per heavy atom. The van der Waals surface area contributed by atoms with Crippen molar-refractivity contribution in [1.29, 1.82) is 0 Å². The summed E-state index contributed by atoms with van der Waals surface area (Å²) in [5.41, 5.74) is 1.38. The molecule has 0 aromatic heterocycles. The van der Waals surface area contributed by atoms with Crippen molar-refractivity contribution in [2.24, 2.45) is 17.8 Å². The van der Waals surface area contributed by atoms with Crippen molar-refractivity contribution in [3.63, 3.8) is 0 Å². The van der Waals surface area contributed by atoms with Crippen molar-refractivity contribution in [3.8, 4) is 0 Å². The Bertz CT molecular complexity index is 569. The summed E-state index contributed by atoms with van der Waals surface area (Å²) >= 11 is 0. The van der Waals surface area contributed by atoms with E-state index in [0.717, 1.165) is 64.8 Å². The molecule has 3 atom stereocenters. The van der Waals surface area contributed by atoms with Crippen LogP contribution < -0.4 is 0 Å². The summed E-state index contributed by atoms with van der Waals surface area (Å²) in [5.74, 6) is 1.99. The number of likely N-dealkylation sites (tertiary alicyclic amines) is 2. The minimum Gasteiger partial charge on any atom is -0.393 e. The van der Waals surface area contributed by atoms with Gasteiger partial charge in [-0.15, -0.1) is 0 Å². The number of piperidine rings is 1. The number of fused-ring (bicyclic) bond motifs is 1. The first-order valence-corrected chi connectivity index (χ1v) is 9.89. The first kappa shape index (κ1) is 17.0. The maximum atomic E-state index is 12.6. The maximum absolute atomic E-state index is 12.6. The van der Waals surface area contributed by atoms with Crippen molar-refractivity contribution >= 4 is 5.91 Å². The lowest BCUT2D eigenvalue weighted by Gasteiger charge is -2.32. The summed E-state index contributed by atoms with van der Waals surface area (Å²) in [6.45, 7) is 4.99. The predicted octanol–water partition coefficient (Wildman–Crippen LogP) is 2.52. The molecule has 1 N–H and O–H groups in total. The van der Waals surface area contributed by atoms with E-state index in [1.54, 1.807) is 0 Å². The van der Waals surface area contributed by atoms with E-state index >= 15 is 0 Å². The lowest BCUT2D eigenvalue weighted by molar-refractivity contribution is -0.132. The second kappa shape index (κ2) is 7.46. The lowest BCUT2D eigenvalue weighted by Crippen LogP contribution is -2.37. The van der Waals surface area contributed by atoms with Gasteiger partial charge in [0.25, 0.3) is 0 Å². The van der Waals surface area contributed by atoms with Crippen LogP contribution in [0.4, 0.5) is 0 Å². The molecule has 3 aliphatic rings. The molecule has 0 radical (unpaired) electrons. The highest BCUT2D eigenvalue weighted by molar-refractivity contribution is 5.76. The van der Waals surface area contributed by atoms with E-state index in [-0.39, 0.29) is 6.10 Å². The fourth-order valence-corrected chi connectivity index (χ4v) is 5.04. The van der Waals surface area contributed by atoms with Crippen LogP contribution in [-0.2, 0) is 11.3 Å². The Morgan fingerprint density at radius 3 is 2.32 bits per heavy atom. The van der Waals surface area contributed by atoms with Crippen LogP contribution in [0.2, 0.25) is 0 Å². The minimum atomic E-state index is -0.124. The number of carbonyl (C=O) groups excluding carboxylic acids is 1. The summed E-state index contributed by atoms with van der Waals surface area (Å²) in [5, 5.41) is 9.74. The predicted molar refractivity (Wildman–Crippen MR) is 97.9 cm³/mol. The smallest absolute Gasteiger partial charge is 0.222 e. The molecule has 1 amide bonds. The van der Waals surface area contributed by atoms with Crippen LogP contribution in [0.25, 0.3) is 0 Å². The fraction of sp³-hybridized carbons (Fsp3) is 0.667. The van der Waals surface area contributed by atoms with E-state index in [9.17, 15) is 9.90 Å². The molecule has 1 aliphatic carbocycles. The number of benzene rings is 1. The Hall–Kier alpha value is -1.39. The van der Waals surface area contributed by atoms with E-state index in [1.165, 1.54) is 5.56 Å². The van der Waals surface area contributed by atoms with Gasteiger partial charge in [0.15, 0.2) is 0 Å². The number of amides is 1. The van der Waals surface area contributed by atoms with E-state index < -0.39 is 0 Å². The van der Waals surface area contributed by atoms with Gasteiger partial charge in [-0.1, -0.05) is 30.3 Å². The molecule has 4 nitrogen and oxygen atoms in total. The van der Waals surface area contributed by atoms with Crippen LogP contribution in [0, 0.1) is 17.8 Å². The molecule has 4 heteroatoms. The van der Waals surface area contributed by atoms with Gasteiger partial charge in [-0.05, 0) is 62.1 Å². The van der Waals surface area contributed by atoms with E-state index in [4.69, 9.17) is 0 Å². The van der Waals surface area contributed by atoms with E-state index in [1.807, 2.05) is 0 Å². The molecule has 2 aliphatic heterocycles. The van der Waals surface area contributed by atoms with Crippen LogP contribution in [0.3, 0.4) is 0 Å². The number of hydrogen-bond acceptors (Lipinski definition) is 3. The van der Waals surface area contributed by atoms with Gasteiger partial charge in [-0.3, -0.25) is 9.69 Å². The first-order valence-electron chi connectivity index (χ1n) is 9.89. The van der Waals surface area contributed by atoms with Gasteiger partial charge in [0, 0.05) is 26.1 Å². The summed E-state index contributed by atoms with van der Waals surface area (Å²) in [4.78, 5) is 17.2. The largest absolute Gasteiger partial charge is 0.393 e. The highest BCUT2D eigenvalue weighted by Gasteiger charge is 2.41. The van der Waals surface area contributed by atoms with Gasteiger partial charge in [-0.2, -0.15) is 0 Å². The highest BCUT2D eigenvalue weighted by atomic mass is 16.3. The molecular formula is C21H30N2O2. The summed E-state index contributed by atoms with van der Waals surface area (Å²) in [7, 11) is 0. The average molecular weight is 342 g/mol. The number of hydrogen-bond donors (Lipinski definition) is 1. The van der Waals surface area contributed by atoms with Crippen molar-refractivity contribution in [3.05, 3.63) is 35.9 Å². The molecule has 4 rings (SSSR count). The molecule has 1 unspecified atom stereocenters. The molecule has 2 heterocycles. The Morgan fingerprint density at radius 1 is 1.04 bits per heavy atom. The average Bonchev–Trinajstić information content (AvgIpc) is 3.15. The third kappa shape index (κ3) is 4.06. The van der Waals surface area contributed by atoms with Crippen molar-refractivity contribution in [2.75, 3.05) is 26.2 Å². The maximum Gasteiger partial charge on any atom is 0.222 e. The van der Waals surface area contributed by atoms with Gasteiger partial charge < -0.3 is 10.0 Å². The fourth-order valence-electron chi connectivity index (χ4n) is 5.04. The molecule has 136 valence electrons. The molecule has 1 aromatic rings. The number of nitrogens with zero attached hydrogens (tertiary/aromatic N) is 2. The van der Waals surface area contributed by atoms with Crippen molar-refractivity contribution < 1.29 is 9.90 Å². The number of aliphatic hydroxyl groups excluding tert-OH is 1. The van der Waals surface area contributed by atoms with Crippen LogP contribution in [-0.4, -0.2) is 53.1 Å². The Kier molecular flexibility index (Phi) is 5.09. The first-order chi connectivity index (χ1) is 12.2. The monoisotopic (exact) mass is 342 g/mol. The number of rotatable bonds is 4. The standard InChI is InChI=1S/C21H30N2O2/c24-20-11-18-14-23(15-19(18)12-20)21(25)10-16-6-8-22(9-7-16)13-17-4-2-1-3-5-17/h1-5,16,18-20,24H,6-15H2/t18-,19+,20?. The van der Waals surface area contributed by atoms with Gasteiger partial charge in [0.05, 0.1) is 6.10 Å². The third-order valence-electron chi connectivity index (χ3n) is 6.50. The number of aliphatic hydroxyl groups is 1. The van der Waals surface area contributed by atoms with Crippen molar-refractivity contribution in [1.82, 2.24) is 9.80 Å². The zero-order valence-corrected chi connectivity index (χ0v) is 15.0. The SMILES string of the molecule is O=C(CC1CCN(Cc2ccccc2)CC1)N1C[C@H]2CC(O)C[C@H]2C1. The van der Waals surface area contributed by atoms with Gasteiger partial charge in [0.2, 0.25) is 5.91 Å². The normalized spacial score (nSPS) is 30.6. The summed E-state index contributed by atoms with van der Waals surface area (Å²) < 4.78 is 0. The zero-order valence-electron chi connectivity index (χ0n) is 15.0. The van der Waals surface area contributed by atoms with Gasteiger partial charge >= 0.3 is 0 Å². The van der Waals surface area contributed by atoms with Crippen LogP contribution in [0.1, 0.15) is 37.7 Å². The molecule has 3 fully saturated rings. The molecule has 2 saturated heterocycles. The summed E-state index contributed by atoms with van der Waals surface area (Å²) in [6.07, 6.45) is 4.66. The number of carbonyl (C=O) groups is 1. The second-order valence-electron chi connectivity index (χ2n) is 8.35. The van der Waals surface area contributed by atoms with Gasteiger partial charge in [0.1, 0.15) is 0 Å². The minimum absolute atomic E-state index is 0.124. The van der Waals surface area contributed by atoms with Gasteiger partial charge in [-0.25, -0.2) is 0 Å². The molecule has 1 saturated carbocycles. The third-order valence-corrected chi connectivity index (χ3v) is 6.50. The molecule has 25 heavy (non-hydrogen) atoms. The van der Waals surface area contributed by atoms with Crippen LogP contribution in [0.5, 0.6) is 0 Å². The Labute approximate surface area is 150 Å². The van der Waals surface area contributed by atoms with E-state index in [0.29, 0.717) is 23.7 Å². The lowest BCUT2D eigenvalue weighted by atomic mass is 9.92. The van der Waals surface area contributed by atoms with Crippen LogP contribution >= 0.6 is 0 Å². The van der Waals surface area contributed by atoms with Crippen molar-refractivity contribution in [2.45, 2.75) is 44.8 Å². The van der Waals surface area contributed by atoms with Crippen LogP contribution in [0.15, 0.2) is 30.3 Å². The van der Waals surface area contributed by atoms with E-state index in [2.05, 4.69) is 40.1 Å². The molecular weight excluding hydrogens is 312 g/mol. The Balaban J connectivity index is 1.20. The molecule has 0 spiro atoms. The molecule has 1 aromatic carbocycles. The summed E-state index contributed by atoms with van der Waals surface area (Å²) in [6, 6.07) is 10.7. The topological polar surface area (TPSA) is 43.8 Å². The second-order valence-corrected chi connectivity index (χ2v) is 8.35.